The molecule has 1 atom stereocenters. The molecule has 0 spiro atoms. The number of nitrogens with zero attached hydrogens (tertiary/aromatic N) is 2. The summed E-state index contributed by atoms with van der Waals surface area (Å²) in [5.74, 6) is 3.74. The molecule has 0 saturated carbocycles. The van der Waals surface area contributed by atoms with Crippen molar-refractivity contribution in [1.82, 2.24) is 9.80 Å². The molecule has 4 heteroatoms. The zero-order valence-corrected chi connectivity index (χ0v) is 17.9. The largest absolute Gasteiger partial charge is 0.341 e. The summed E-state index contributed by atoms with van der Waals surface area (Å²) in [4.78, 5) is 30.1. The first-order valence-corrected chi connectivity index (χ1v) is 11.1. The van der Waals surface area contributed by atoms with Gasteiger partial charge in [-0.25, -0.2) is 0 Å². The fraction of sp³-hybridized carbons (Fsp3) is 0.600. The van der Waals surface area contributed by atoms with E-state index in [1.165, 1.54) is 5.56 Å². The fourth-order valence-electron chi connectivity index (χ4n) is 4.66. The van der Waals surface area contributed by atoms with Gasteiger partial charge in [-0.1, -0.05) is 50.5 Å². The van der Waals surface area contributed by atoms with Crippen molar-refractivity contribution in [3.8, 4) is 12.3 Å². The highest BCUT2D eigenvalue weighted by Crippen LogP contribution is 2.25. The van der Waals surface area contributed by atoms with Crippen molar-refractivity contribution in [2.75, 3.05) is 26.2 Å². The van der Waals surface area contributed by atoms with E-state index >= 15 is 0 Å². The molecular weight excluding hydrogens is 360 g/mol. The minimum atomic E-state index is -0.0828. The van der Waals surface area contributed by atoms with Gasteiger partial charge in [-0.05, 0) is 50.1 Å². The Morgan fingerprint density at radius 1 is 1.07 bits per heavy atom. The smallest absolute Gasteiger partial charge is 0.239 e. The summed E-state index contributed by atoms with van der Waals surface area (Å²) in [7, 11) is 0. The molecule has 0 bridgehead atoms. The third-order valence-electron chi connectivity index (χ3n) is 6.25. The standard InChI is InChI=1S/C25H34N2O2/c1-4-14-26-15-6-5-7-23(26)25(29)27-16-12-22(13-17-27)24(28)21-10-8-20(9-11-21)18-19(2)3/h1,8-11,19,22-23H,5-7,12-18H2,2-3H3. The Morgan fingerprint density at radius 2 is 1.76 bits per heavy atom. The van der Waals surface area contributed by atoms with Gasteiger partial charge in [0.2, 0.25) is 5.91 Å². The van der Waals surface area contributed by atoms with Crippen LogP contribution in [-0.2, 0) is 11.2 Å². The second kappa shape index (κ2) is 10.1. The average Bonchev–Trinajstić information content (AvgIpc) is 2.74. The summed E-state index contributed by atoms with van der Waals surface area (Å²) in [6.07, 6.45) is 11.1. The maximum atomic E-state index is 13.0. The highest BCUT2D eigenvalue weighted by molar-refractivity contribution is 5.98. The number of ketones is 1. The van der Waals surface area contributed by atoms with E-state index in [2.05, 4.69) is 36.8 Å². The molecule has 1 aromatic rings. The van der Waals surface area contributed by atoms with E-state index in [1.807, 2.05) is 17.0 Å². The lowest BCUT2D eigenvalue weighted by Gasteiger charge is -2.39. The van der Waals surface area contributed by atoms with E-state index in [0.717, 1.165) is 50.6 Å². The summed E-state index contributed by atoms with van der Waals surface area (Å²) in [6, 6.07) is 8.01. The first-order valence-electron chi connectivity index (χ1n) is 11.1. The van der Waals surface area contributed by atoms with E-state index in [1.54, 1.807) is 0 Å². The number of hydrogen-bond acceptors (Lipinski definition) is 3. The SMILES string of the molecule is C#CCN1CCCCC1C(=O)N1CCC(C(=O)c2ccc(CC(C)C)cc2)CC1. The van der Waals surface area contributed by atoms with E-state index in [4.69, 9.17) is 6.42 Å². The van der Waals surface area contributed by atoms with Crippen LogP contribution in [-0.4, -0.2) is 53.7 Å². The lowest BCUT2D eigenvalue weighted by atomic mass is 9.87. The van der Waals surface area contributed by atoms with Crippen molar-refractivity contribution in [3.05, 3.63) is 35.4 Å². The number of amides is 1. The molecule has 156 valence electrons. The molecule has 0 radical (unpaired) electrons. The van der Waals surface area contributed by atoms with Crippen LogP contribution < -0.4 is 0 Å². The van der Waals surface area contributed by atoms with E-state index in [-0.39, 0.29) is 23.7 Å². The minimum Gasteiger partial charge on any atom is -0.341 e. The Labute approximate surface area is 175 Å². The predicted octanol–water partition coefficient (Wildman–Crippen LogP) is 3.79. The first-order chi connectivity index (χ1) is 14.0. The van der Waals surface area contributed by atoms with Crippen LogP contribution in [0.2, 0.25) is 0 Å². The van der Waals surface area contributed by atoms with Gasteiger partial charge in [-0.2, -0.15) is 0 Å². The van der Waals surface area contributed by atoms with Gasteiger partial charge in [0, 0.05) is 24.6 Å². The number of rotatable bonds is 6. The zero-order valence-electron chi connectivity index (χ0n) is 17.9. The zero-order chi connectivity index (χ0) is 20.8. The molecular formula is C25H34N2O2. The first kappa shape index (κ1) is 21.6. The van der Waals surface area contributed by atoms with Crippen molar-refractivity contribution in [2.24, 2.45) is 11.8 Å². The number of carbonyl (C=O) groups is 2. The number of likely N-dealkylation sites (tertiary alicyclic amines) is 2. The van der Waals surface area contributed by atoms with Crippen LogP contribution in [0.15, 0.2) is 24.3 Å². The summed E-state index contributed by atoms with van der Waals surface area (Å²) in [6.45, 7) is 7.18. The topological polar surface area (TPSA) is 40.6 Å². The molecule has 0 aromatic heterocycles. The Kier molecular flexibility index (Phi) is 7.50. The Morgan fingerprint density at radius 3 is 2.38 bits per heavy atom. The lowest BCUT2D eigenvalue weighted by Crippen LogP contribution is -2.53. The van der Waals surface area contributed by atoms with Crippen LogP contribution >= 0.6 is 0 Å². The Hall–Kier alpha value is -2.12. The van der Waals surface area contributed by atoms with Crippen LogP contribution in [0.25, 0.3) is 0 Å². The third-order valence-corrected chi connectivity index (χ3v) is 6.25. The second-order valence-electron chi connectivity index (χ2n) is 8.94. The van der Waals surface area contributed by atoms with Gasteiger partial charge in [-0.3, -0.25) is 14.5 Å². The molecule has 0 aliphatic carbocycles. The van der Waals surface area contributed by atoms with Gasteiger partial charge < -0.3 is 4.90 Å². The maximum Gasteiger partial charge on any atom is 0.239 e. The van der Waals surface area contributed by atoms with Gasteiger partial charge in [0.05, 0.1) is 12.6 Å². The van der Waals surface area contributed by atoms with Crippen molar-refractivity contribution in [1.29, 1.82) is 0 Å². The molecule has 0 N–H and O–H groups in total. The molecule has 1 amide bonds. The van der Waals surface area contributed by atoms with Gasteiger partial charge in [0.25, 0.3) is 0 Å². The molecule has 4 nitrogen and oxygen atoms in total. The quantitative estimate of drug-likeness (QED) is 0.544. The van der Waals surface area contributed by atoms with Crippen LogP contribution in [0.5, 0.6) is 0 Å². The summed E-state index contributed by atoms with van der Waals surface area (Å²) < 4.78 is 0. The monoisotopic (exact) mass is 394 g/mol. The number of benzene rings is 1. The molecule has 2 aliphatic rings. The average molecular weight is 395 g/mol. The van der Waals surface area contributed by atoms with Crippen LogP contribution in [0.4, 0.5) is 0 Å². The predicted molar refractivity (Wildman–Crippen MR) is 117 cm³/mol. The second-order valence-corrected chi connectivity index (χ2v) is 8.94. The van der Waals surface area contributed by atoms with Crippen molar-refractivity contribution in [3.63, 3.8) is 0 Å². The van der Waals surface area contributed by atoms with Crippen LogP contribution in [0.3, 0.4) is 0 Å². The van der Waals surface area contributed by atoms with E-state index in [0.29, 0.717) is 25.6 Å². The molecule has 29 heavy (non-hydrogen) atoms. The molecule has 2 aliphatic heterocycles. The maximum absolute atomic E-state index is 13.0. The van der Waals surface area contributed by atoms with Gasteiger partial charge in [0.1, 0.15) is 0 Å². The van der Waals surface area contributed by atoms with Crippen molar-refractivity contribution in [2.45, 2.75) is 58.4 Å². The van der Waals surface area contributed by atoms with Crippen molar-refractivity contribution < 1.29 is 9.59 Å². The fourth-order valence-corrected chi connectivity index (χ4v) is 4.66. The Balaban J connectivity index is 1.55. The van der Waals surface area contributed by atoms with Gasteiger partial charge >= 0.3 is 0 Å². The summed E-state index contributed by atoms with van der Waals surface area (Å²) in [5.41, 5.74) is 2.08. The number of Topliss-reactive ketones (excluding diaryl/α,β-unsaturated/α-hetero) is 1. The van der Waals surface area contributed by atoms with E-state index < -0.39 is 0 Å². The van der Waals surface area contributed by atoms with Crippen LogP contribution in [0.1, 0.15) is 61.9 Å². The molecule has 1 unspecified atom stereocenters. The number of hydrogen-bond donors (Lipinski definition) is 0. The van der Waals surface area contributed by atoms with Crippen LogP contribution in [0, 0.1) is 24.2 Å². The molecule has 2 fully saturated rings. The third kappa shape index (κ3) is 5.48. The lowest BCUT2D eigenvalue weighted by molar-refractivity contribution is -0.139. The summed E-state index contributed by atoms with van der Waals surface area (Å²) in [5, 5.41) is 0. The number of piperidine rings is 2. The molecule has 1 aromatic carbocycles. The molecule has 3 rings (SSSR count). The highest BCUT2D eigenvalue weighted by Gasteiger charge is 2.34. The van der Waals surface area contributed by atoms with Gasteiger partial charge in [0.15, 0.2) is 5.78 Å². The minimum absolute atomic E-state index is 0.0168. The number of carbonyl (C=O) groups excluding carboxylic acids is 2. The molecule has 2 heterocycles. The number of terminal acetylenes is 1. The summed E-state index contributed by atoms with van der Waals surface area (Å²) >= 11 is 0. The normalized spacial score (nSPS) is 21.2. The van der Waals surface area contributed by atoms with Crippen molar-refractivity contribution >= 4 is 11.7 Å². The van der Waals surface area contributed by atoms with Gasteiger partial charge in [-0.15, -0.1) is 6.42 Å². The molecule has 2 saturated heterocycles. The Bertz CT molecular complexity index is 739. The van der Waals surface area contributed by atoms with E-state index in [9.17, 15) is 9.59 Å². The highest BCUT2D eigenvalue weighted by atomic mass is 16.2.